The summed E-state index contributed by atoms with van der Waals surface area (Å²) < 4.78 is 5.47. The maximum atomic E-state index is 12.3. The zero-order chi connectivity index (χ0) is 13.8. The van der Waals surface area contributed by atoms with E-state index in [-0.39, 0.29) is 12.5 Å². The van der Waals surface area contributed by atoms with Crippen LogP contribution in [0.1, 0.15) is 21.9 Å². The predicted molar refractivity (Wildman–Crippen MR) is 72.4 cm³/mol. The second-order valence-corrected chi connectivity index (χ2v) is 4.95. The Morgan fingerprint density at radius 1 is 1.42 bits per heavy atom. The first-order valence-electron chi connectivity index (χ1n) is 6.43. The van der Waals surface area contributed by atoms with Crippen LogP contribution in [0, 0.1) is 6.92 Å². The van der Waals surface area contributed by atoms with Gasteiger partial charge in [-0.25, -0.2) is 0 Å². The molecule has 5 nitrogen and oxygen atoms in total. The Labute approximate surface area is 117 Å². The Kier molecular flexibility index (Phi) is 4.85. The van der Waals surface area contributed by atoms with Crippen molar-refractivity contribution in [2.75, 3.05) is 39.3 Å². The number of aliphatic hydroxyl groups excluding tert-OH is 1. The number of piperazine rings is 1. The van der Waals surface area contributed by atoms with Gasteiger partial charge in [0.1, 0.15) is 5.76 Å². The average Bonchev–Trinajstić information content (AvgIpc) is 2.80. The molecule has 1 aliphatic rings. The number of aliphatic hydroxyl groups is 1. The third-order valence-corrected chi connectivity index (χ3v) is 3.74. The number of furan rings is 1. The third-order valence-electron chi connectivity index (χ3n) is 3.45. The number of β-amino-alcohol motifs (C(OH)–C–C–N with tert-alkyl or cyclic N) is 1. The van der Waals surface area contributed by atoms with Gasteiger partial charge in [-0.1, -0.05) is 0 Å². The van der Waals surface area contributed by atoms with Crippen LogP contribution in [0.3, 0.4) is 0 Å². The van der Waals surface area contributed by atoms with Crippen LogP contribution in [0.5, 0.6) is 0 Å². The standard InChI is InChI=1S/C13H19ClN2O3/c1-10-11(9-14)8-12(19-10)13(18)16-4-2-15(3-5-16)6-7-17/h8,17H,2-7,9H2,1H3. The van der Waals surface area contributed by atoms with Gasteiger partial charge < -0.3 is 14.4 Å². The van der Waals surface area contributed by atoms with Crippen LogP contribution in [0.2, 0.25) is 0 Å². The van der Waals surface area contributed by atoms with Crippen molar-refractivity contribution in [2.24, 2.45) is 0 Å². The maximum absolute atomic E-state index is 12.3. The molecule has 1 aromatic heterocycles. The average molecular weight is 287 g/mol. The zero-order valence-electron chi connectivity index (χ0n) is 11.1. The summed E-state index contributed by atoms with van der Waals surface area (Å²) in [6.07, 6.45) is 0. The molecule has 2 rings (SSSR count). The summed E-state index contributed by atoms with van der Waals surface area (Å²) in [5.41, 5.74) is 0.865. The molecular weight excluding hydrogens is 268 g/mol. The van der Waals surface area contributed by atoms with Gasteiger partial charge in [-0.3, -0.25) is 9.69 Å². The molecule has 0 unspecified atom stereocenters. The molecule has 1 aliphatic heterocycles. The fraction of sp³-hybridized carbons (Fsp3) is 0.615. The SMILES string of the molecule is Cc1oc(C(=O)N2CCN(CCO)CC2)cc1CCl. The smallest absolute Gasteiger partial charge is 0.289 e. The fourth-order valence-corrected chi connectivity index (χ4v) is 2.50. The van der Waals surface area contributed by atoms with Gasteiger partial charge in [-0.15, -0.1) is 11.6 Å². The molecule has 0 aliphatic carbocycles. The highest BCUT2D eigenvalue weighted by Gasteiger charge is 2.24. The number of nitrogens with zero attached hydrogens (tertiary/aromatic N) is 2. The van der Waals surface area contributed by atoms with Crippen molar-refractivity contribution in [3.8, 4) is 0 Å². The molecule has 0 radical (unpaired) electrons. The number of halogens is 1. The first kappa shape index (κ1) is 14.4. The van der Waals surface area contributed by atoms with Crippen molar-refractivity contribution in [1.29, 1.82) is 0 Å². The third kappa shape index (κ3) is 3.29. The van der Waals surface area contributed by atoms with E-state index in [4.69, 9.17) is 21.1 Å². The van der Waals surface area contributed by atoms with E-state index in [2.05, 4.69) is 4.90 Å². The summed E-state index contributed by atoms with van der Waals surface area (Å²) in [5.74, 6) is 1.34. The van der Waals surface area contributed by atoms with Crippen molar-refractivity contribution in [1.82, 2.24) is 9.80 Å². The summed E-state index contributed by atoms with van der Waals surface area (Å²) in [6.45, 7) is 5.53. The molecule has 0 bridgehead atoms. The molecule has 0 atom stereocenters. The Bertz CT molecular complexity index is 439. The van der Waals surface area contributed by atoms with Gasteiger partial charge >= 0.3 is 0 Å². The first-order chi connectivity index (χ1) is 9.15. The van der Waals surface area contributed by atoms with Crippen LogP contribution < -0.4 is 0 Å². The van der Waals surface area contributed by atoms with E-state index >= 15 is 0 Å². The van der Waals surface area contributed by atoms with E-state index in [9.17, 15) is 4.79 Å². The molecule has 0 saturated carbocycles. The normalized spacial score (nSPS) is 16.9. The molecular formula is C13H19ClN2O3. The number of carbonyl (C=O) groups excluding carboxylic acids is 1. The minimum Gasteiger partial charge on any atom is -0.456 e. The molecule has 0 spiro atoms. The van der Waals surface area contributed by atoms with E-state index in [1.165, 1.54) is 0 Å². The number of rotatable bonds is 4. The lowest BCUT2D eigenvalue weighted by Crippen LogP contribution is -2.49. The molecule has 6 heteroatoms. The summed E-state index contributed by atoms with van der Waals surface area (Å²) in [4.78, 5) is 16.2. The number of amides is 1. The van der Waals surface area contributed by atoms with E-state index in [1.54, 1.807) is 11.0 Å². The minimum atomic E-state index is -0.0804. The van der Waals surface area contributed by atoms with Gasteiger partial charge in [-0.05, 0) is 13.0 Å². The quantitative estimate of drug-likeness (QED) is 0.842. The molecule has 1 N–H and O–H groups in total. The molecule has 1 amide bonds. The predicted octanol–water partition coefficient (Wildman–Crippen LogP) is 1.08. The van der Waals surface area contributed by atoms with Crippen LogP contribution in [-0.2, 0) is 5.88 Å². The monoisotopic (exact) mass is 286 g/mol. The van der Waals surface area contributed by atoms with E-state index in [1.807, 2.05) is 6.92 Å². The van der Waals surface area contributed by atoms with E-state index in [0.29, 0.717) is 37.0 Å². The lowest BCUT2D eigenvalue weighted by Gasteiger charge is -2.33. The number of hydrogen-bond acceptors (Lipinski definition) is 4. The van der Waals surface area contributed by atoms with Crippen LogP contribution in [-0.4, -0.2) is 60.1 Å². The summed E-state index contributed by atoms with van der Waals surface area (Å²) in [6, 6.07) is 1.73. The molecule has 19 heavy (non-hydrogen) atoms. The first-order valence-corrected chi connectivity index (χ1v) is 6.97. The second kappa shape index (κ2) is 6.41. The largest absolute Gasteiger partial charge is 0.456 e. The van der Waals surface area contributed by atoms with Gasteiger partial charge in [0.2, 0.25) is 0 Å². The van der Waals surface area contributed by atoms with Crippen LogP contribution in [0.4, 0.5) is 0 Å². The number of alkyl halides is 1. The highest BCUT2D eigenvalue weighted by molar-refractivity contribution is 6.17. The highest BCUT2D eigenvalue weighted by atomic mass is 35.5. The minimum absolute atomic E-state index is 0.0804. The highest BCUT2D eigenvalue weighted by Crippen LogP contribution is 2.18. The molecule has 0 aromatic carbocycles. The van der Waals surface area contributed by atoms with Gasteiger partial charge in [0.25, 0.3) is 5.91 Å². The second-order valence-electron chi connectivity index (χ2n) is 4.68. The Morgan fingerprint density at radius 2 is 2.11 bits per heavy atom. The topological polar surface area (TPSA) is 56.9 Å². The fourth-order valence-electron chi connectivity index (χ4n) is 2.23. The van der Waals surface area contributed by atoms with Crippen molar-refractivity contribution in [2.45, 2.75) is 12.8 Å². The summed E-state index contributed by atoms with van der Waals surface area (Å²) >= 11 is 5.77. The summed E-state index contributed by atoms with van der Waals surface area (Å²) in [5, 5.41) is 8.88. The zero-order valence-corrected chi connectivity index (χ0v) is 11.8. The molecule has 1 aromatic rings. The number of carbonyl (C=O) groups is 1. The van der Waals surface area contributed by atoms with Crippen molar-refractivity contribution < 1.29 is 14.3 Å². The van der Waals surface area contributed by atoms with Gasteiger partial charge in [0.05, 0.1) is 12.5 Å². The van der Waals surface area contributed by atoms with Crippen molar-refractivity contribution >= 4 is 17.5 Å². The Hall–Kier alpha value is -1.04. The number of aryl methyl sites for hydroxylation is 1. The van der Waals surface area contributed by atoms with Crippen molar-refractivity contribution in [3.05, 3.63) is 23.2 Å². The molecule has 1 saturated heterocycles. The lowest BCUT2D eigenvalue weighted by molar-refractivity contribution is 0.0584. The van der Waals surface area contributed by atoms with E-state index in [0.717, 1.165) is 18.7 Å². The lowest BCUT2D eigenvalue weighted by atomic mass is 10.2. The van der Waals surface area contributed by atoms with E-state index < -0.39 is 0 Å². The maximum Gasteiger partial charge on any atom is 0.289 e. The van der Waals surface area contributed by atoms with Crippen LogP contribution in [0.15, 0.2) is 10.5 Å². The van der Waals surface area contributed by atoms with Gasteiger partial charge in [0, 0.05) is 38.3 Å². The van der Waals surface area contributed by atoms with Gasteiger partial charge in [0.15, 0.2) is 5.76 Å². The molecule has 1 fully saturated rings. The van der Waals surface area contributed by atoms with Crippen molar-refractivity contribution in [3.63, 3.8) is 0 Å². The van der Waals surface area contributed by atoms with Crippen LogP contribution in [0.25, 0.3) is 0 Å². The molecule has 2 heterocycles. The molecule has 106 valence electrons. The van der Waals surface area contributed by atoms with Gasteiger partial charge in [-0.2, -0.15) is 0 Å². The Balaban J connectivity index is 1.97. The number of hydrogen-bond donors (Lipinski definition) is 1. The van der Waals surface area contributed by atoms with Crippen LogP contribution >= 0.6 is 11.6 Å². The Morgan fingerprint density at radius 3 is 2.63 bits per heavy atom. The summed E-state index contributed by atoms with van der Waals surface area (Å²) in [7, 11) is 0.